The fourth-order valence-electron chi connectivity index (χ4n) is 1.59. The van der Waals surface area contributed by atoms with Crippen LogP contribution < -0.4 is 0 Å². The molecule has 2 aromatic rings. The van der Waals surface area contributed by atoms with Crippen molar-refractivity contribution in [2.24, 2.45) is 0 Å². The van der Waals surface area contributed by atoms with E-state index in [1.807, 2.05) is 0 Å². The first-order chi connectivity index (χ1) is 7.70. The Labute approximate surface area is 109 Å². The highest BCUT2D eigenvalue weighted by Crippen LogP contribution is 2.30. The molecular formula is C14H13BrS. The second-order valence-electron chi connectivity index (χ2n) is 3.72. The van der Waals surface area contributed by atoms with Gasteiger partial charge in [-0.2, -0.15) is 0 Å². The molecule has 0 aliphatic rings. The van der Waals surface area contributed by atoms with Gasteiger partial charge in [0.1, 0.15) is 0 Å². The van der Waals surface area contributed by atoms with Crippen LogP contribution in [0.5, 0.6) is 0 Å². The summed E-state index contributed by atoms with van der Waals surface area (Å²) in [4.78, 5) is 1.28. The monoisotopic (exact) mass is 292 g/mol. The zero-order chi connectivity index (χ0) is 11.5. The van der Waals surface area contributed by atoms with Gasteiger partial charge in [0.05, 0.1) is 0 Å². The van der Waals surface area contributed by atoms with E-state index in [1.54, 1.807) is 11.8 Å². The maximum absolute atomic E-state index is 3.55. The van der Waals surface area contributed by atoms with Gasteiger partial charge < -0.3 is 0 Å². The number of hydrogen-bond donors (Lipinski definition) is 0. The highest BCUT2D eigenvalue weighted by Gasteiger charge is 2.02. The lowest BCUT2D eigenvalue weighted by atomic mass is 10.0. The quantitative estimate of drug-likeness (QED) is 0.690. The molecule has 0 atom stereocenters. The minimum atomic E-state index is 1.16. The average molecular weight is 293 g/mol. The fourth-order valence-corrected chi connectivity index (χ4v) is 2.83. The first-order valence-electron chi connectivity index (χ1n) is 5.11. The first kappa shape index (κ1) is 11.7. The summed E-state index contributed by atoms with van der Waals surface area (Å²) in [5.74, 6) is 0. The van der Waals surface area contributed by atoms with E-state index in [1.165, 1.54) is 21.6 Å². The largest absolute Gasteiger partial charge is 0.128 e. The van der Waals surface area contributed by atoms with Crippen molar-refractivity contribution in [3.8, 4) is 11.1 Å². The van der Waals surface area contributed by atoms with E-state index in [0.29, 0.717) is 0 Å². The van der Waals surface area contributed by atoms with Crippen LogP contribution in [0.1, 0.15) is 5.56 Å². The van der Waals surface area contributed by atoms with Crippen LogP contribution in [-0.4, -0.2) is 6.26 Å². The van der Waals surface area contributed by atoms with Gasteiger partial charge in [0.25, 0.3) is 0 Å². The highest BCUT2D eigenvalue weighted by atomic mass is 79.9. The SMILES string of the molecule is CSc1cc(-c2ccc(C)cc2)ccc1Br. The van der Waals surface area contributed by atoms with E-state index >= 15 is 0 Å². The summed E-state index contributed by atoms with van der Waals surface area (Å²) in [6.07, 6.45) is 2.10. The highest BCUT2D eigenvalue weighted by molar-refractivity contribution is 9.10. The van der Waals surface area contributed by atoms with Crippen LogP contribution in [0.2, 0.25) is 0 Å². The molecule has 0 heterocycles. The molecule has 16 heavy (non-hydrogen) atoms. The summed E-state index contributed by atoms with van der Waals surface area (Å²) in [5, 5.41) is 0. The molecule has 0 aliphatic carbocycles. The molecule has 0 aliphatic heterocycles. The van der Waals surface area contributed by atoms with E-state index in [4.69, 9.17) is 0 Å². The summed E-state index contributed by atoms with van der Waals surface area (Å²) >= 11 is 5.31. The molecule has 2 rings (SSSR count). The number of rotatable bonds is 2. The number of halogens is 1. The second-order valence-corrected chi connectivity index (χ2v) is 5.42. The maximum atomic E-state index is 3.55. The lowest BCUT2D eigenvalue weighted by molar-refractivity contribution is 1.40. The molecule has 0 saturated heterocycles. The van der Waals surface area contributed by atoms with Gasteiger partial charge in [-0.3, -0.25) is 0 Å². The average Bonchev–Trinajstić information content (AvgIpc) is 2.31. The molecule has 0 saturated carbocycles. The van der Waals surface area contributed by atoms with Gasteiger partial charge in [-0.25, -0.2) is 0 Å². The van der Waals surface area contributed by atoms with Gasteiger partial charge in [-0.15, -0.1) is 11.8 Å². The van der Waals surface area contributed by atoms with E-state index in [0.717, 1.165) is 4.47 Å². The van der Waals surface area contributed by atoms with Crippen molar-refractivity contribution in [2.45, 2.75) is 11.8 Å². The molecule has 82 valence electrons. The normalized spacial score (nSPS) is 10.4. The van der Waals surface area contributed by atoms with Crippen LogP contribution in [0.4, 0.5) is 0 Å². The molecule has 0 radical (unpaired) electrons. The minimum Gasteiger partial charge on any atom is -0.128 e. The lowest BCUT2D eigenvalue weighted by Gasteiger charge is -2.06. The van der Waals surface area contributed by atoms with Gasteiger partial charge in [0.15, 0.2) is 0 Å². The Balaban J connectivity index is 2.44. The van der Waals surface area contributed by atoms with Crippen LogP contribution >= 0.6 is 27.7 Å². The summed E-state index contributed by atoms with van der Waals surface area (Å²) in [6.45, 7) is 2.11. The Hall–Kier alpha value is -0.730. The van der Waals surface area contributed by atoms with Gasteiger partial charge in [0.2, 0.25) is 0 Å². The van der Waals surface area contributed by atoms with Crippen molar-refractivity contribution in [3.63, 3.8) is 0 Å². The van der Waals surface area contributed by atoms with Gasteiger partial charge in [-0.1, -0.05) is 35.9 Å². The first-order valence-corrected chi connectivity index (χ1v) is 7.13. The van der Waals surface area contributed by atoms with Gasteiger partial charge in [-0.05, 0) is 52.4 Å². The van der Waals surface area contributed by atoms with Crippen molar-refractivity contribution in [2.75, 3.05) is 6.26 Å². The summed E-state index contributed by atoms with van der Waals surface area (Å²) in [7, 11) is 0. The number of benzene rings is 2. The molecular weight excluding hydrogens is 280 g/mol. The van der Waals surface area contributed by atoms with Crippen LogP contribution in [-0.2, 0) is 0 Å². The molecule has 0 fully saturated rings. The number of thioether (sulfide) groups is 1. The predicted octanol–water partition coefficient (Wildman–Crippen LogP) is 5.15. The maximum Gasteiger partial charge on any atom is 0.0311 e. The summed E-state index contributed by atoms with van der Waals surface area (Å²) in [5.41, 5.74) is 3.84. The summed E-state index contributed by atoms with van der Waals surface area (Å²) < 4.78 is 1.16. The predicted molar refractivity (Wildman–Crippen MR) is 76.1 cm³/mol. The van der Waals surface area contributed by atoms with Crippen molar-refractivity contribution >= 4 is 27.7 Å². The van der Waals surface area contributed by atoms with Gasteiger partial charge in [0, 0.05) is 9.37 Å². The zero-order valence-corrected chi connectivity index (χ0v) is 11.7. The molecule has 0 unspecified atom stereocenters. The molecule has 0 nitrogen and oxygen atoms in total. The third kappa shape index (κ3) is 2.50. The Morgan fingerprint density at radius 3 is 2.19 bits per heavy atom. The van der Waals surface area contributed by atoms with E-state index in [9.17, 15) is 0 Å². The second kappa shape index (κ2) is 5.07. The van der Waals surface area contributed by atoms with E-state index < -0.39 is 0 Å². The molecule has 0 aromatic heterocycles. The van der Waals surface area contributed by atoms with E-state index in [-0.39, 0.29) is 0 Å². The van der Waals surface area contributed by atoms with Crippen LogP contribution in [0.25, 0.3) is 11.1 Å². The smallest absolute Gasteiger partial charge is 0.0311 e. The molecule has 0 bridgehead atoms. The Bertz CT molecular complexity index is 489. The van der Waals surface area contributed by atoms with Crippen LogP contribution in [0.15, 0.2) is 51.8 Å². The Morgan fingerprint density at radius 1 is 0.938 bits per heavy atom. The molecule has 0 amide bonds. The zero-order valence-electron chi connectivity index (χ0n) is 9.33. The molecule has 2 aromatic carbocycles. The van der Waals surface area contributed by atoms with Crippen molar-refractivity contribution < 1.29 is 0 Å². The Kier molecular flexibility index (Phi) is 3.72. The third-order valence-corrected chi connectivity index (χ3v) is 4.27. The van der Waals surface area contributed by atoms with Crippen molar-refractivity contribution in [1.29, 1.82) is 0 Å². The molecule has 2 heteroatoms. The van der Waals surface area contributed by atoms with E-state index in [2.05, 4.69) is 71.6 Å². The van der Waals surface area contributed by atoms with Gasteiger partial charge >= 0.3 is 0 Å². The lowest BCUT2D eigenvalue weighted by Crippen LogP contribution is -1.81. The standard InChI is InChI=1S/C14H13BrS/c1-10-3-5-11(6-4-10)12-7-8-13(15)14(9-12)16-2/h3-9H,1-2H3. The third-order valence-electron chi connectivity index (χ3n) is 2.54. The number of hydrogen-bond acceptors (Lipinski definition) is 1. The van der Waals surface area contributed by atoms with Crippen molar-refractivity contribution in [3.05, 3.63) is 52.5 Å². The Morgan fingerprint density at radius 2 is 1.56 bits per heavy atom. The van der Waals surface area contributed by atoms with Crippen molar-refractivity contribution in [1.82, 2.24) is 0 Å². The topological polar surface area (TPSA) is 0 Å². The van der Waals surface area contributed by atoms with Crippen LogP contribution in [0, 0.1) is 6.92 Å². The minimum absolute atomic E-state index is 1.16. The fraction of sp³-hybridized carbons (Fsp3) is 0.143. The molecule has 0 N–H and O–H groups in total. The number of aryl methyl sites for hydroxylation is 1. The van der Waals surface area contributed by atoms with Crippen LogP contribution in [0.3, 0.4) is 0 Å². The summed E-state index contributed by atoms with van der Waals surface area (Å²) in [6, 6.07) is 15.1. The molecule has 0 spiro atoms.